The fourth-order valence-electron chi connectivity index (χ4n) is 4.77. The second-order valence-electron chi connectivity index (χ2n) is 10.4. The SMILES string of the molecule is C[C@H](CO)N1C[C@H](C)[C@@H](CN(C)Cc2ccc(C(=O)O)cc2)Oc2ccc(NS(=O)(=O)c3cccs3)cc2CC1=O. The van der Waals surface area contributed by atoms with Gasteiger partial charge in [-0.2, -0.15) is 0 Å². The first-order chi connectivity index (χ1) is 19.5. The number of amides is 1. The number of likely N-dealkylation sites (N-methyl/N-ethyl adjacent to an activating group) is 1. The van der Waals surface area contributed by atoms with Crippen LogP contribution in [0.5, 0.6) is 5.75 Å². The van der Waals surface area contributed by atoms with E-state index in [2.05, 4.69) is 9.62 Å². The minimum Gasteiger partial charge on any atom is -0.488 e. The number of anilines is 1. The number of benzene rings is 2. The number of carbonyl (C=O) groups excluding carboxylic acids is 1. The van der Waals surface area contributed by atoms with E-state index in [-0.39, 0.29) is 40.7 Å². The van der Waals surface area contributed by atoms with Gasteiger partial charge in [0.1, 0.15) is 16.1 Å². The zero-order valence-electron chi connectivity index (χ0n) is 23.2. The zero-order valence-corrected chi connectivity index (χ0v) is 24.8. The van der Waals surface area contributed by atoms with Crippen LogP contribution in [0.2, 0.25) is 0 Å². The molecule has 10 nitrogen and oxygen atoms in total. The number of ether oxygens (including phenoxy) is 1. The molecule has 2 aromatic carbocycles. The Morgan fingerprint density at radius 3 is 2.59 bits per heavy atom. The first-order valence-corrected chi connectivity index (χ1v) is 15.6. The van der Waals surface area contributed by atoms with E-state index in [0.717, 1.165) is 16.9 Å². The molecular weight excluding hydrogens is 566 g/mol. The molecule has 0 saturated carbocycles. The third-order valence-corrected chi connectivity index (χ3v) is 9.85. The Morgan fingerprint density at radius 1 is 1.22 bits per heavy atom. The summed E-state index contributed by atoms with van der Waals surface area (Å²) in [5.74, 6) is -0.774. The van der Waals surface area contributed by atoms with Gasteiger partial charge >= 0.3 is 5.97 Å². The zero-order chi connectivity index (χ0) is 29.7. The standard InChI is InChI=1S/C29H35N3O7S2/c1-19-15-32(20(2)18-33)27(34)14-23-13-24(30-41(37,38)28-5-4-12-40-28)10-11-25(23)39-26(19)17-31(3)16-21-6-8-22(9-7-21)29(35)36/h4-13,19-20,26,30,33H,14-18H2,1-3H3,(H,35,36)/t19-,20+,26+/m0/s1. The van der Waals surface area contributed by atoms with Crippen LogP contribution in [0, 0.1) is 5.92 Å². The van der Waals surface area contributed by atoms with Gasteiger partial charge in [-0.25, -0.2) is 13.2 Å². The maximum Gasteiger partial charge on any atom is 0.335 e. The fourth-order valence-corrected chi connectivity index (χ4v) is 6.81. The quantitative estimate of drug-likeness (QED) is 0.321. The van der Waals surface area contributed by atoms with Crippen LogP contribution in [0.15, 0.2) is 64.2 Å². The molecule has 12 heteroatoms. The highest BCUT2D eigenvalue weighted by Gasteiger charge is 2.31. The Kier molecular flexibility index (Phi) is 9.69. The summed E-state index contributed by atoms with van der Waals surface area (Å²) in [6.07, 6.45) is -0.357. The number of thiophene rings is 1. The van der Waals surface area contributed by atoms with Gasteiger partial charge < -0.3 is 19.8 Å². The van der Waals surface area contributed by atoms with Gasteiger partial charge in [-0.15, -0.1) is 11.3 Å². The van der Waals surface area contributed by atoms with Gasteiger partial charge in [-0.1, -0.05) is 25.1 Å². The summed E-state index contributed by atoms with van der Waals surface area (Å²) in [5.41, 5.74) is 2.03. The molecule has 0 aliphatic carbocycles. The molecular formula is C29H35N3O7S2. The number of aromatic carboxylic acids is 1. The molecule has 3 N–H and O–H groups in total. The topological polar surface area (TPSA) is 136 Å². The lowest BCUT2D eigenvalue weighted by Gasteiger charge is -2.34. The molecule has 0 unspecified atom stereocenters. The average Bonchev–Trinajstić information content (AvgIpc) is 3.49. The average molecular weight is 602 g/mol. The van der Waals surface area contributed by atoms with Crippen molar-refractivity contribution in [1.82, 2.24) is 9.80 Å². The maximum atomic E-state index is 13.4. The number of nitrogens with zero attached hydrogens (tertiary/aromatic N) is 2. The fraction of sp³-hybridized carbons (Fsp3) is 0.379. The lowest BCUT2D eigenvalue weighted by atomic mass is 10.0. The first-order valence-electron chi connectivity index (χ1n) is 13.2. The van der Waals surface area contributed by atoms with Crippen LogP contribution in [0.25, 0.3) is 0 Å². The number of fused-ring (bicyclic) bond motifs is 1. The molecule has 0 saturated heterocycles. The summed E-state index contributed by atoms with van der Waals surface area (Å²) in [7, 11) is -1.83. The highest BCUT2D eigenvalue weighted by atomic mass is 32.2. The van der Waals surface area contributed by atoms with Gasteiger partial charge in [-0.3, -0.25) is 14.4 Å². The van der Waals surface area contributed by atoms with Gasteiger partial charge in [-0.05, 0) is 61.3 Å². The summed E-state index contributed by atoms with van der Waals surface area (Å²) >= 11 is 1.11. The molecule has 0 bridgehead atoms. The van der Waals surface area contributed by atoms with Crippen molar-refractivity contribution >= 4 is 38.9 Å². The van der Waals surface area contributed by atoms with Crippen molar-refractivity contribution in [1.29, 1.82) is 0 Å². The minimum absolute atomic E-state index is 0.0144. The van der Waals surface area contributed by atoms with E-state index >= 15 is 0 Å². The predicted molar refractivity (Wildman–Crippen MR) is 157 cm³/mol. The molecule has 3 aromatic rings. The molecule has 0 fully saturated rings. The van der Waals surface area contributed by atoms with Gasteiger partial charge in [0.15, 0.2) is 0 Å². The third kappa shape index (κ3) is 7.64. The van der Waals surface area contributed by atoms with Crippen molar-refractivity contribution in [2.75, 3.05) is 31.5 Å². The molecule has 220 valence electrons. The summed E-state index contributed by atoms with van der Waals surface area (Å²) in [6, 6.07) is 14.4. The predicted octanol–water partition coefficient (Wildman–Crippen LogP) is 3.53. The normalized spacial score (nSPS) is 18.6. The lowest BCUT2D eigenvalue weighted by molar-refractivity contribution is -0.134. The molecule has 1 aromatic heterocycles. The molecule has 0 radical (unpaired) electrons. The second kappa shape index (κ2) is 13.0. The molecule has 1 amide bonds. The van der Waals surface area contributed by atoms with E-state index in [1.54, 1.807) is 65.7 Å². The van der Waals surface area contributed by atoms with E-state index < -0.39 is 22.0 Å². The number of rotatable bonds is 10. The molecule has 1 aliphatic heterocycles. The van der Waals surface area contributed by atoms with Crippen molar-refractivity contribution in [3.05, 3.63) is 76.7 Å². The van der Waals surface area contributed by atoms with E-state index in [1.807, 2.05) is 14.0 Å². The third-order valence-electron chi connectivity index (χ3n) is 7.07. The Labute approximate surface area is 244 Å². The first kappa shape index (κ1) is 30.5. The van der Waals surface area contributed by atoms with Crippen molar-refractivity contribution in [3.63, 3.8) is 0 Å². The minimum atomic E-state index is -3.77. The summed E-state index contributed by atoms with van der Waals surface area (Å²) in [4.78, 5) is 28.3. The van der Waals surface area contributed by atoms with Crippen molar-refractivity contribution < 1.29 is 33.0 Å². The number of aliphatic hydroxyl groups is 1. The largest absolute Gasteiger partial charge is 0.488 e. The molecule has 3 atom stereocenters. The van der Waals surface area contributed by atoms with Crippen molar-refractivity contribution in [3.8, 4) is 5.75 Å². The van der Waals surface area contributed by atoms with Gasteiger partial charge in [0.25, 0.3) is 10.0 Å². The lowest BCUT2D eigenvalue weighted by Crippen LogP contribution is -2.47. The maximum absolute atomic E-state index is 13.4. The smallest absolute Gasteiger partial charge is 0.335 e. The molecule has 0 spiro atoms. The van der Waals surface area contributed by atoms with E-state index in [4.69, 9.17) is 9.84 Å². The number of hydrogen-bond donors (Lipinski definition) is 3. The summed E-state index contributed by atoms with van der Waals surface area (Å²) in [6.45, 7) is 5.03. The molecule has 1 aliphatic rings. The van der Waals surface area contributed by atoms with Crippen molar-refractivity contribution in [2.24, 2.45) is 5.92 Å². The van der Waals surface area contributed by atoms with Gasteiger partial charge in [0.05, 0.1) is 24.6 Å². The summed E-state index contributed by atoms with van der Waals surface area (Å²) in [5, 5.41) is 20.7. The van der Waals surface area contributed by atoms with Crippen LogP contribution in [0.1, 0.15) is 35.3 Å². The Balaban J connectivity index is 1.60. The van der Waals surface area contributed by atoms with E-state index in [0.29, 0.717) is 36.6 Å². The molecule has 4 rings (SSSR count). The van der Waals surface area contributed by atoms with E-state index in [1.165, 1.54) is 6.07 Å². The Morgan fingerprint density at radius 2 is 1.95 bits per heavy atom. The highest BCUT2D eigenvalue weighted by Crippen LogP contribution is 2.30. The number of sulfonamides is 1. The van der Waals surface area contributed by atoms with Crippen LogP contribution in [0.3, 0.4) is 0 Å². The highest BCUT2D eigenvalue weighted by molar-refractivity contribution is 7.94. The Bertz CT molecular complexity index is 1460. The Hall–Kier alpha value is -3.45. The van der Waals surface area contributed by atoms with Crippen molar-refractivity contribution in [2.45, 2.75) is 43.2 Å². The van der Waals surface area contributed by atoms with Crippen LogP contribution in [-0.2, 0) is 27.8 Å². The van der Waals surface area contributed by atoms with E-state index in [9.17, 15) is 23.1 Å². The van der Waals surface area contributed by atoms with Gasteiger partial charge in [0.2, 0.25) is 5.91 Å². The number of aliphatic hydroxyl groups excluding tert-OH is 1. The summed E-state index contributed by atoms with van der Waals surface area (Å²) < 4.78 is 34.9. The number of nitrogens with one attached hydrogen (secondary N) is 1. The molecule has 2 heterocycles. The molecule has 41 heavy (non-hydrogen) atoms. The van der Waals surface area contributed by atoms with Crippen LogP contribution < -0.4 is 9.46 Å². The monoisotopic (exact) mass is 601 g/mol. The van der Waals surface area contributed by atoms with Crippen LogP contribution in [-0.4, -0.2) is 79.2 Å². The second-order valence-corrected chi connectivity index (χ2v) is 13.3. The van der Waals surface area contributed by atoms with Crippen LogP contribution >= 0.6 is 11.3 Å². The number of hydrogen-bond acceptors (Lipinski definition) is 8. The number of carboxylic acid groups (broad SMARTS) is 1. The van der Waals surface area contributed by atoms with Crippen LogP contribution in [0.4, 0.5) is 5.69 Å². The number of carboxylic acids is 1. The number of carbonyl (C=O) groups is 2. The van der Waals surface area contributed by atoms with Gasteiger partial charge in [0, 0.05) is 36.8 Å².